The van der Waals surface area contributed by atoms with Crippen LogP contribution in [0.4, 0.5) is 5.69 Å². The van der Waals surface area contributed by atoms with Crippen LogP contribution in [0.1, 0.15) is 38.1 Å². The largest absolute Gasteiger partial charge is 0.494 e. The first-order chi connectivity index (χ1) is 14.5. The number of ether oxygens (including phenoxy) is 1. The van der Waals surface area contributed by atoms with Crippen LogP contribution < -0.4 is 9.64 Å². The van der Waals surface area contributed by atoms with Crippen LogP contribution in [0.5, 0.6) is 5.75 Å². The van der Waals surface area contributed by atoms with Gasteiger partial charge in [0.05, 0.1) is 11.9 Å². The van der Waals surface area contributed by atoms with Gasteiger partial charge in [0.15, 0.2) is 5.78 Å². The molecule has 0 amide bonds. The van der Waals surface area contributed by atoms with E-state index in [9.17, 15) is 4.79 Å². The van der Waals surface area contributed by atoms with Gasteiger partial charge in [0.25, 0.3) is 5.22 Å². The molecule has 0 spiro atoms. The molecule has 0 radical (unpaired) electrons. The molecule has 6 nitrogen and oxygen atoms in total. The van der Waals surface area contributed by atoms with Crippen LogP contribution in [0.15, 0.2) is 58.2 Å². The summed E-state index contributed by atoms with van der Waals surface area (Å²) in [6.45, 7) is 10.5. The molecule has 0 fully saturated rings. The Balaban J connectivity index is 1.65. The van der Waals surface area contributed by atoms with Crippen molar-refractivity contribution in [2.45, 2.75) is 38.2 Å². The van der Waals surface area contributed by atoms with Crippen LogP contribution in [0.25, 0.3) is 11.5 Å². The van der Waals surface area contributed by atoms with E-state index in [2.05, 4.69) is 41.1 Å². The molecule has 1 aromatic heterocycles. The smallest absolute Gasteiger partial charge is 0.277 e. The van der Waals surface area contributed by atoms with Gasteiger partial charge in [-0.3, -0.25) is 4.79 Å². The highest BCUT2D eigenvalue weighted by atomic mass is 32.2. The molecule has 0 aliphatic carbocycles. The van der Waals surface area contributed by atoms with Gasteiger partial charge in [0, 0.05) is 29.9 Å². The molecule has 0 aliphatic heterocycles. The van der Waals surface area contributed by atoms with Gasteiger partial charge in [-0.15, -0.1) is 10.2 Å². The summed E-state index contributed by atoms with van der Waals surface area (Å²) in [5.74, 6) is 1.21. The molecule has 158 valence electrons. The van der Waals surface area contributed by atoms with Gasteiger partial charge in [-0.05, 0) is 76.2 Å². The Bertz CT molecular complexity index is 951. The lowest BCUT2D eigenvalue weighted by atomic mass is 10.1. The normalized spacial score (nSPS) is 11.9. The predicted octanol–water partition coefficient (Wildman–Crippen LogP) is 5.35. The standard InChI is InChI=1S/C23H27N3O3S/c1-5-26(6-2)19-12-8-18(9-13-19)22-24-25-23(29-22)30-16(4)21(27)17-10-14-20(15-11-17)28-7-3/h8-16H,5-7H2,1-4H3/t16-/m0/s1. The van der Waals surface area contributed by atoms with Crippen molar-refractivity contribution in [3.05, 3.63) is 54.1 Å². The van der Waals surface area contributed by atoms with E-state index < -0.39 is 0 Å². The van der Waals surface area contributed by atoms with Gasteiger partial charge in [-0.1, -0.05) is 11.8 Å². The number of carbonyl (C=O) groups is 1. The maximum atomic E-state index is 12.7. The van der Waals surface area contributed by atoms with E-state index in [1.807, 2.05) is 26.0 Å². The number of rotatable bonds is 10. The van der Waals surface area contributed by atoms with Gasteiger partial charge >= 0.3 is 0 Å². The lowest BCUT2D eigenvalue weighted by Crippen LogP contribution is -2.21. The summed E-state index contributed by atoms with van der Waals surface area (Å²) in [5.41, 5.74) is 2.65. The van der Waals surface area contributed by atoms with E-state index >= 15 is 0 Å². The fraction of sp³-hybridized carbons (Fsp3) is 0.348. The van der Waals surface area contributed by atoms with Crippen molar-refractivity contribution in [3.63, 3.8) is 0 Å². The molecule has 0 unspecified atom stereocenters. The third-order valence-electron chi connectivity index (χ3n) is 4.75. The summed E-state index contributed by atoms with van der Waals surface area (Å²) in [5, 5.41) is 8.27. The Hall–Kier alpha value is -2.80. The predicted molar refractivity (Wildman–Crippen MR) is 121 cm³/mol. The number of benzene rings is 2. The van der Waals surface area contributed by atoms with Crippen LogP contribution in [-0.4, -0.2) is 40.9 Å². The van der Waals surface area contributed by atoms with Crippen molar-refractivity contribution < 1.29 is 13.9 Å². The topological polar surface area (TPSA) is 68.5 Å². The van der Waals surface area contributed by atoms with E-state index in [4.69, 9.17) is 9.15 Å². The Morgan fingerprint density at radius 2 is 1.70 bits per heavy atom. The molecule has 0 saturated carbocycles. The fourth-order valence-corrected chi connectivity index (χ4v) is 3.86. The second-order valence-electron chi connectivity index (χ2n) is 6.67. The average molecular weight is 426 g/mol. The lowest BCUT2D eigenvalue weighted by molar-refractivity contribution is 0.0993. The van der Waals surface area contributed by atoms with Crippen molar-refractivity contribution in [1.82, 2.24) is 10.2 Å². The molecular weight excluding hydrogens is 398 g/mol. The molecule has 1 atom stereocenters. The Labute approximate surface area is 181 Å². The molecule has 0 N–H and O–H groups in total. The Morgan fingerprint density at radius 3 is 2.30 bits per heavy atom. The SMILES string of the molecule is CCOc1ccc(C(=O)[C@H](C)Sc2nnc(-c3ccc(N(CC)CC)cc3)o2)cc1. The maximum Gasteiger partial charge on any atom is 0.277 e. The molecule has 7 heteroatoms. The number of nitrogens with zero attached hydrogens (tertiary/aromatic N) is 3. The number of aromatic nitrogens is 2. The zero-order valence-corrected chi connectivity index (χ0v) is 18.6. The molecule has 0 saturated heterocycles. The molecule has 3 rings (SSSR count). The minimum atomic E-state index is -0.346. The van der Waals surface area contributed by atoms with Crippen LogP contribution in [0.3, 0.4) is 0 Å². The second-order valence-corrected chi connectivity index (χ2v) is 7.97. The summed E-state index contributed by atoms with van der Waals surface area (Å²) >= 11 is 1.26. The zero-order chi connectivity index (χ0) is 21.5. The van der Waals surface area contributed by atoms with Gasteiger partial charge < -0.3 is 14.1 Å². The summed E-state index contributed by atoms with van der Waals surface area (Å²) < 4.78 is 11.2. The van der Waals surface area contributed by atoms with Crippen LogP contribution in [-0.2, 0) is 0 Å². The minimum Gasteiger partial charge on any atom is -0.494 e. The number of carbonyl (C=O) groups excluding carboxylic acids is 1. The molecule has 3 aromatic rings. The number of hydrogen-bond donors (Lipinski definition) is 0. The highest BCUT2D eigenvalue weighted by molar-refractivity contribution is 8.00. The van der Waals surface area contributed by atoms with Crippen molar-refractivity contribution in [3.8, 4) is 17.2 Å². The Kier molecular flexibility index (Phi) is 7.52. The first-order valence-corrected chi connectivity index (χ1v) is 11.1. The molecule has 30 heavy (non-hydrogen) atoms. The van der Waals surface area contributed by atoms with E-state index in [0.717, 1.165) is 30.1 Å². The maximum absolute atomic E-state index is 12.7. The molecule has 2 aromatic carbocycles. The van der Waals surface area contributed by atoms with E-state index in [0.29, 0.717) is 23.3 Å². The highest BCUT2D eigenvalue weighted by Crippen LogP contribution is 2.29. The molecule has 1 heterocycles. The van der Waals surface area contributed by atoms with Crippen molar-refractivity contribution in [2.24, 2.45) is 0 Å². The number of anilines is 1. The fourth-order valence-electron chi connectivity index (χ4n) is 3.10. The quantitative estimate of drug-likeness (QED) is 0.320. The average Bonchev–Trinajstić information content (AvgIpc) is 3.24. The summed E-state index contributed by atoms with van der Waals surface area (Å²) in [6, 6.07) is 15.2. The van der Waals surface area contributed by atoms with E-state index in [-0.39, 0.29) is 11.0 Å². The first-order valence-electron chi connectivity index (χ1n) is 10.2. The third-order valence-corrected chi connectivity index (χ3v) is 5.68. The lowest BCUT2D eigenvalue weighted by Gasteiger charge is -2.20. The van der Waals surface area contributed by atoms with Gasteiger partial charge in [0.1, 0.15) is 5.75 Å². The van der Waals surface area contributed by atoms with E-state index in [1.165, 1.54) is 11.8 Å². The molecular formula is C23H27N3O3S. The number of thioether (sulfide) groups is 1. The van der Waals surface area contributed by atoms with Crippen molar-refractivity contribution >= 4 is 23.2 Å². The van der Waals surface area contributed by atoms with Crippen molar-refractivity contribution in [2.75, 3.05) is 24.6 Å². The number of hydrogen-bond acceptors (Lipinski definition) is 7. The third kappa shape index (κ3) is 5.21. The monoisotopic (exact) mass is 425 g/mol. The summed E-state index contributed by atoms with van der Waals surface area (Å²) in [6.07, 6.45) is 0. The van der Waals surface area contributed by atoms with Gasteiger partial charge in [-0.2, -0.15) is 0 Å². The van der Waals surface area contributed by atoms with Crippen molar-refractivity contribution in [1.29, 1.82) is 0 Å². The van der Waals surface area contributed by atoms with Crippen LogP contribution in [0, 0.1) is 0 Å². The second kappa shape index (κ2) is 10.3. The summed E-state index contributed by atoms with van der Waals surface area (Å²) in [7, 11) is 0. The van der Waals surface area contributed by atoms with Crippen LogP contribution in [0.2, 0.25) is 0 Å². The number of Topliss-reactive ketones (excluding diaryl/α,β-unsaturated/α-hetero) is 1. The van der Waals surface area contributed by atoms with Gasteiger partial charge in [0.2, 0.25) is 5.89 Å². The number of ketones is 1. The first kappa shape index (κ1) is 21.9. The van der Waals surface area contributed by atoms with E-state index in [1.54, 1.807) is 24.3 Å². The summed E-state index contributed by atoms with van der Waals surface area (Å²) in [4.78, 5) is 15.0. The highest BCUT2D eigenvalue weighted by Gasteiger charge is 2.20. The minimum absolute atomic E-state index is 0.00590. The molecule has 0 bridgehead atoms. The van der Waals surface area contributed by atoms with Gasteiger partial charge in [-0.25, -0.2) is 0 Å². The molecule has 0 aliphatic rings. The van der Waals surface area contributed by atoms with Crippen LogP contribution >= 0.6 is 11.8 Å². The Morgan fingerprint density at radius 1 is 1.03 bits per heavy atom. The zero-order valence-electron chi connectivity index (χ0n) is 17.8.